The van der Waals surface area contributed by atoms with E-state index in [1.165, 1.54) is 44.6 Å². The maximum atomic E-state index is 4.57. The molecule has 0 N–H and O–H groups in total. The van der Waals surface area contributed by atoms with E-state index >= 15 is 0 Å². The topological polar surface area (TPSA) is 0 Å². The van der Waals surface area contributed by atoms with Gasteiger partial charge in [-0.15, -0.1) is 0 Å². The van der Waals surface area contributed by atoms with Crippen LogP contribution in [0.5, 0.6) is 0 Å². The molecule has 0 atom stereocenters. The van der Waals surface area contributed by atoms with Crippen LogP contribution in [0, 0.1) is 0 Å². The van der Waals surface area contributed by atoms with Gasteiger partial charge in [0, 0.05) is 0 Å². The first-order chi connectivity index (χ1) is 19.2. The second-order valence-corrected chi connectivity index (χ2v) is 20.4. The van der Waals surface area contributed by atoms with E-state index in [9.17, 15) is 0 Å². The molecule has 0 saturated carbocycles. The van der Waals surface area contributed by atoms with Crippen molar-refractivity contribution >= 4 is 36.7 Å². The van der Waals surface area contributed by atoms with Crippen LogP contribution in [-0.2, 0) is 0 Å². The molecule has 0 aromatic heterocycles. The van der Waals surface area contributed by atoms with Gasteiger partial charge in [0.1, 0.15) is 0 Å². The van der Waals surface area contributed by atoms with Crippen molar-refractivity contribution < 1.29 is 0 Å². The molecule has 212 valence electrons. The first-order valence-electron chi connectivity index (χ1n) is 14.7. The molecule has 0 aliphatic carbocycles. The summed E-state index contributed by atoms with van der Waals surface area (Å²) in [7, 11) is 0. The molecule has 0 aliphatic heterocycles. The first kappa shape index (κ1) is 32.0. The standard InChI is InChI=1S/C38H48BrP/c1-32(2)18-15-19-33(3)20-16-21-34(4)22-17-23-35(5)30-31-40(39,36-24-9-6-10-25-36,37-26-11-7-12-27-37)38-28-13-8-14-29-38/h6-14,18,20,22,24-30H,15-17,19,21,23,31H2,1-5H3/b33-20+,34-22+,35-30+. The molecule has 0 heterocycles. The number of benzene rings is 3. The van der Waals surface area contributed by atoms with Crippen LogP contribution in [0.1, 0.15) is 73.1 Å². The SMILES string of the molecule is CC(C)=CCC/C(C)=C/CC/C(C)=C/CC/C(C)=C/CP(Br)(c1ccccc1)(c1ccccc1)c1ccccc1. The van der Waals surface area contributed by atoms with Crippen molar-refractivity contribution in [2.75, 3.05) is 6.16 Å². The molecule has 3 aromatic carbocycles. The number of rotatable bonds is 14. The Hall–Kier alpha value is -2.47. The summed E-state index contributed by atoms with van der Waals surface area (Å²) in [5, 5.41) is 1.21. The molecule has 0 bridgehead atoms. The van der Waals surface area contributed by atoms with Crippen LogP contribution < -0.4 is 15.9 Å². The van der Waals surface area contributed by atoms with Crippen molar-refractivity contribution in [3.05, 3.63) is 138 Å². The zero-order valence-corrected chi connectivity index (χ0v) is 27.7. The molecule has 0 aliphatic rings. The van der Waals surface area contributed by atoms with Crippen LogP contribution in [-0.4, -0.2) is 6.16 Å². The molecule has 3 aromatic rings. The Morgan fingerprint density at radius 2 is 0.825 bits per heavy atom. The van der Waals surface area contributed by atoms with Crippen molar-refractivity contribution in [2.24, 2.45) is 0 Å². The van der Waals surface area contributed by atoms with Gasteiger partial charge in [-0.25, -0.2) is 0 Å². The van der Waals surface area contributed by atoms with Crippen LogP contribution in [0.25, 0.3) is 0 Å². The van der Waals surface area contributed by atoms with Gasteiger partial charge in [0.05, 0.1) is 0 Å². The van der Waals surface area contributed by atoms with Crippen molar-refractivity contribution in [1.82, 2.24) is 0 Å². The summed E-state index contributed by atoms with van der Waals surface area (Å²) in [5.41, 5.74) is 5.88. The van der Waals surface area contributed by atoms with Gasteiger partial charge in [-0.1, -0.05) is 11.6 Å². The van der Waals surface area contributed by atoms with E-state index in [2.05, 4.69) is 165 Å². The Balaban J connectivity index is 1.76. The van der Waals surface area contributed by atoms with Gasteiger partial charge in [-0.05, 0) is 20.3 Å². The number of halogens is 1. The average molecular weight is 616 g/mol. The van der Waals surface area contributed by atoms with Crippen LogP contribution in [0.3, 0.4) is 0 Å². The predicted octanol–water partition coefficient (Wildman–Crippen LogP) is 11.0. The predicted molar refractivity (Wildman–Crippen MR) is 187 cm³/mol. The zero-order chi connectivity index (χ0) is 28.9. The molecular weight excluding hydrogens is 567 g/mol. The molecule has 2 heteroatoms. The van der Waals surface area contributed by atoms with Crippen LogP contribution >= 0.6 is 20.8 Å². The van der Waals surface area contributed by atoms with Crippen LogP contribution in [0.2, 0.25) is 0 Å². The van der Waals surface area contributed by atoms with E-state index in [1.807, 2.05) is 0 Å². The molecular formula is C38H48BrP. The van der Waals surface area contributed by atoms with Crippen molar-refractivity contribution in [1.29, 1.82) is 0 Å². The van der Waals surface area contributed by atoms with Crippen molar-refractivity contribution in [3.63, 3.8) is 0 Å². The normalized spacial score (nSPS) is 13.9. The van der Waals surface area contributed by atoms with Gasteiger partial charge >= 0.3 is 222 Å². The second kappa shape index (κ2) is 15.5. The second-order valence-electron chi connectivity index (χ2n) is 11.4. The van der Waals surface area contributed by atoms with Gasteiger partial charge in [-0.3, -0.25) is 0 Å². The molecule has 0 spiro atoms. The molecule has 3 rings (SSSR count). The van der Waals surface area contributed by atoms with Gasteiger partial charge in [-0.2, -0.15) is 0 Å². The fraction of sp³-hybridized carbons (Fsp3) is 0.316. The number of allylic oxidation sites excluding steroid dienone is 8. The summed E-state index contributed by atoms with van der Waals surface area (Å²) in [6, 6.07) is 33.2. The quantitative estimate of drug-likeness (QED) is 0.125. The summed E-state index contributed by atoms with van der Waals surface area (Å²) in [6.45, 7) is 11.2. The fourth-order valence-corrected chi connectivity index (χ4v) is 12.4. The third-order valence-corrected chi connectivity index (χ3v) is 17.4. The molecule has 0 fully saturated rings. The van der Waals surface area contributed by atoms with E-state index < -0.39 is 5.31 Å². The van der Waals surface area contributed by atoms with Gasteiger partial charge in [0.2, 0.25) is 0 Å². The molecule has 0 radical (unpaired) electrons. The minimum atomic E-state index is -2.90. The van der Waals surface area contributed by atoms with E-state index in [-0.39, 0.29) is 0 Å². The Labute approximate surface area is 252 Å². The van der Waals surface area contributed by atoms with E-state index in [1.54, 1.807) is 0 Å². The minimum absolute atomic E-state index is 0.953. The van der Waals surface area contributed by atoms with Crippen molar-refractivity contribution in [2.45, 2.75) is 73.1 Å². The number of hydrogen-bond acceptors (Lipinski definition) is 0. The van der Waals surface area contributed by atoms with Gasteiger partial charge < -0.3 is 0 Å². The van der Waals surface area contributed by atoms with E-state index in [0.29, 0.717) is 0 Å². The summed E-state index contributed by atoms with van der Waals surface area (Å²) in [6.07, 6.45) is 17.5. The molecule has 0 amide bonds. The first-order valence-corrected chi connectivity index (χ1v) is 19.2. The monoisotopic (exact) mass is 614 g/mol. The molecule has 40 heavy (non-hydrogen) atoms. The Bertz CT molecular complexity index is 1210. The third-order valence-electron chi connectivity index (χ3n) is 7.82. The average Bonchev–Trinajstić information content (AvgIpc) is 2.97. The Morgan fingerprint density at radius 3 is 1.18 bits per heavy atom. The molecule has 0 unspecified atom stereocenters. The van der Waals surface area contributed by atoms with E-state index in [4.69, 9.17) is 0 Å². The molecule has 0 nitrogen and oxygen atoms in total. The van der Waals surface area contributed by atoms with Crippen LogP contribution in [0.4, 0.5) is 0 Å². The van der Waals surface area contributed by atoms with Gasteiger partial charge in [0.25, 0.3) is 0 Å². The Kier molecular flexibility index (Phi) is 12.4. The van der Waals surface area contributed by atoms with E-state index in [0.717, 1.165) is 38.3 Å². The third kappa shape index (κ3) is 8.52. The van der Waals surface area contributed by atoms with Crippen LogP contribution in [0.15, 0.2) is 138 Å². The maximum absolute atomic E-state index is 4.57. The van der Waals surface area contributed by atoms with Gasteiger partial charge in [0.15, 0.2) is 0 Å². The Morgan fingerprint density at radius 1 is 0.500 bits per heavy atom. The van der Waals surface area contributed by atoms with Crippen molar-refractivity contribution in [3.8, 4) is 0 Å². The fourth-order valence-electron chi connectivity index (χ4n) is 5.29. The number of hydrogen-bond donors (Lipinski definition) is 0. The summed E-state index contributed by atoms with van der Waals surface area (Å²) < 4.78 is 0. The summed E-state index contributed by atoms with van der Waals surface area (Å²) in [4.78, 5) is 0. The molecule has 0 saturated heterocycles. The summed E-state index contributed by atoms with van der Waals surface area (Å²) >= 11 is 4.57. The zero-order valence-electron chi connectivity index (χ0n) is 25.2. The summed E-state index contributed by atoms with van der Waals surface area (Å²) in [5.74, 6) is 0.